The van der Waals surface area contributed by atoms with Crippen molar-refractivity contribution in [2.45, 2.75) is 64.1 Å². The number of H-pyrrole nitrogens is 1. The molecule has 2 bridgehead atoms. The van der Waals surface area contributed by atoms with E-state index in [9.17, 15) is 0 Å². The lowest BCUT2D eigenvalue weighted by Gasteiger charge is -2.39. The molecule has 2 saturated heterocycles. The third-order valence-corrected chi connectivity index (χ3v) is 6.21. The zero-order valence-corrected chi connectivity index (χ0v) is 18.2. The van der Waals surface area contributed by atoms with Crippen molar-refractivity contribution in [1.29, 1.82) is 5.26 Å². The normalized spacial score (nSPS) is 23.1. The molecule has 3 N–H and O–H groups in total. The molecule has 2 aliphatic heterocycles. The monoisotopic (exact) mass is 418 g/mol. The Morgan fingerprint density at radius 3 is 2.77 bits per heavy atom. The van der Waals surface area contributed by atoms with Gasteiger partial charge in [0.1, 0.15) is 23.3 Å². The third-order valence-electron chi connectivity index (χ3n) is 6.21. The summed E-state index contributed by atoms with van der Waals surface area (Å²) in [6.07, 6.45) is 10.9. The first-order valence-electron chi connectivity index (χ1n) is 10.9. The van der Waals surface area contributed by atoms with Gasteiger partial charge in [-0.25, -0.2) is 9.97 Å². The fraction of sp³-hybridized carbons (Fsp3) is 0.478. The Morgan fingerprint density at radius 2 is 2.16 bits per heavy atom. The molecule has 31 heavy (non-hydrogen) atoms. The van der Waals surface area contributed by atoms with Crippen LogP contribution in [0.5, 0.6) is 0 Å². The number of anilines is 3. The van der Waals surface area contributed by atoms with Crippen LogP contribution in [0.1, 0.15) is 50.4 Å². The van der Waals surface area contributed by atoms with Gasteiger partial charge in [0.05, 0.1) is 18.0 Å². The first-order chi connectivity index (χ1) is 15.1. The molecule has 1 unspecified atom stereocenters. The van der Waals surface area contributed by atoms with E-state index in [0.717, 1.165) is 48.1 Å². The van der Waals surface area contributed by atoms with Gasteiger partial charge in [0.25, 0.3) is 0 Å². The molecule has 4 rings (SSSR count). The molecule has 162 valence electrons. The van der Waals surface area contributed by atoms with E-state index in [1.165, 1.54) is 12.8 Å². The molecular weight excluding hydrogens is 388 g/mol. The highest BCUT2D eigenvalue weighted by molar-refractivity contribution is 5.78. The highest BCUT2D eigenvalue weighted by atomic mass is 15.2. The summed E-state index contributed by atoms with van der Waals surface area (Å²) in [6, 6.07) is 5.62. The Bertz CT molecular complexity index is 987. The van der Waals surface area contributed by atoms with E-state index in [0.29, 0.717) is 30.4 Å². The molecule has 4 heterocycles. The second-order valence-corrected chi connectivity index (χ2v) is 8.30. The van der Waals surface area contributed by atoms with Crippen molar-refractivity contribution >= 4 is 35.9 Å². The number of allylic oxidation sites excluding steroid dienone is 1. The maximum Gasteiger partial charge on any atom is 0.138 e. The maximum absolute atomic E-state index is 8.97. The van der Waals surface area contributed by atoms with Gasteiger partial charge in [-0.15, -0.1) is 0 Å². The summed E-state index contributed by atoms with van der Waals surface area (Å²) in [5.41, 5.74) is 1.73. The number of rotatable bonds is 8. The van der Waals surface area contributed by atoms with Gasteiger partial charge >= 0.3 is 0 Å². The van der Waals surface area contributed by atoms with Gasteiger partial charge in [0.15, 0.2) is 0 Å². The van der Waals surface area contributed by atoms with Gasteiger partial charge in [-0.1, -0.05) is 12.2 Å². The highest BCUT2D eigenvalue weighted by Crippen LogP contribution is 2.38. The van der Waals surface area contributed by atoms with Crippen molar-refractivity contribution in [3.8, 4) is 6.07 Å². The second kappa shape index (κ2) is 9.31. The molecule has 0 amide bonds. The molecule has 0 radical (unpaired) electrons. The average Bonchev–Trinajstić information content (AvgIpc) is 3.26. The van der Waals surface area contributed by atoms with Gasteiger partial charge < -0.3 is 15.6 Å². The van der Waals surface area contributed by atoms with Gasteiger partial charge in [0.2, 0.25) is 0 Å². The van der Waals surface area contributed by atoms with Crippen molar-refractivity contribution in [1.82, 2.24) is 19.9 Å². The first-order valence-corrected chi connectivity index (χ1v) is 10.9. The van der Waals surface area contributed by atoms with Gasteiger partial charge in [-0.2, -0.15) is 5.26 Å². The molecule has 0 aromatic carbocycles. The molecule has 8 heteroatoms. The van der Waals surface area contributed by atoms with Crippen molar-refractivity contribution < 1.29 is 0 Å². The van der Waals surface area contributed by atoms with Crippen LogP contribution in [0.4, 0.5) is 23.1 Å². The van der Waals surface area contributed by atoms with Crippen LogP contribution in [0, 0.1) is 18.3 Å². The van der Waals surface area contributed by atoms with Crippen LogP contribution in [-0.4, -0.2) is 51.2 Å². The van der Waals surface area contributed by atoms with Crippen molar-refractivity contribution in [3.63, 3.8) is 0 Å². The number of fused-ring (bicyclic) bond motifs is 2. The summed E-state index contributed by atoms with van der Waals surface area (Å²) in [7, 11) is 0. The Hall–Kier alpha value is -3.18. The lowest BCUT2D eigenvalue weighted by molar-refractivity contribution is 0.135. The smallest absolute Gasteiger partial charge is 0.138 e. The third kappa shape index (κ3) is 4.62. The number of aryl methyl sites for hydroxylation is 1. The molecule has 2 aliphatic rings. The van der Waals surface area contributed by atoms with Crippen molar-refractivity contribution in [2.75, 3.05) is 17.2 Å². The van der Waals surface area contributed by atoms with E-state index in [2.05, 4.69) is 43.3 Å². The van der Waals surface area contributed by atoms with Crippen LogP contribution in [0.25, 0.3) is 6.08 Å². The van der Waals surface area contributed by atoms with Gasteiger partial charge in [-0.3, -0.25) is 9.89 Å². The summed E-state index contributed by atoms with van der Waals surface area (Å²) in [5, 5.41) is 16.0. The van der Waals surface area contributed by atoms with Crippen LogP contribution >= 0.6 is 0 Å². The number of aromatic amines is 1. The minimum atomic E-state index is 0.342. The van der Waals surface area contributed by atoms with Crippen LogP contribution in [0.15, 0.2) is 23.3 Å². The molecule has 8 nitrogen and oxygen atoms in total. The van der Waals surface area contributed by atoms with Crippen LogP contribution < -0.4 is 10.6 Å². The SMILES string of the molecule is C=Nc1cc(Nc2cnc(C)[nH]2)nc(NC2C[C@H]3CC[C@@H](C2)N3CCC#N)c1/C=C\C. The largest absolute Gasteiger partial charge is 0.367 e. The van der Waals surface area contributed by atoms with Crippen molar-refractivity contribution in [3.05, 3.63) is 29.7 Å². The molecule has 0 spiro atoms. The quantitative estimate of drug-likeness (QED) is 0.544. The van der Waals surface area contributed by atoms with E-state index >= 15 is 0 Å². The van der Waals surface area contributed by atoms with E-state index < -0.39 is 0 Å². The number of aliphatic imine (C=N–C) groups is 1. The standard InChI is InChI=1S/C23H30N8/c1-4-6-19-20(25-3)13-21(29-22-14-26-15(2)27-22)30-23(19)28-16-11-17-7-8-18(12-16)31(17)10-5-9-24/h4,6,13-14,16-18H,3,5,7-8,10-12H2,1-2H3,(H,26,27)(H2,28,29,30)/b6-4-/t16?,17-,18+. The molecule has 3 atom stereocenters. The summed E-state index contributed by atoms with van der Waals surface area (Å²) >= 11 is 0. The number of nitrogens with zero attached hydrogens (tertiary/aromatic N) is 5. The number of piperidine rings is 1. The Morgan fingerprint density at radius 1 is 1.39 bits per heavy atom. The van der Waals surface area contributed by atoms with Gasteiger partial charge in [0, 0.05) is 42.7 Å². The molecular formula is C23H30N8. The first kappa shape index (κ1) is 21.1. The number of pyridine rings is 1. The Balaban J connectivity index is 1.57. The zero-order chi connectivity index (χ0) is 21.8. The molecule has 2 aromatic rings. The summed E-state index contributed by atoms with van der Waals surface area (Å²) < 4.78 is 0. The Kier molecular flexibility index (Phi) is 6.33. The van der Waals surface area contributed by atoms with Crippen LogP contribution in [0.3, 0.4) is 0 Å². The predicted molar refractivity (Wildman–Crippen MR) is 125 cm³/mol. The fourth-order valence-electron chi connectivity index (χ4n) is 4.93. The van der Waals surface area contributed by atoms with Crippen LogP contribution in [0.2, 0.25) is 0 Å². The van der Waals surface area contributed by atoms with E-state index in [1.807, 2.05) is 32.1 Å². The average molecular weight is 419 g/mol. The molecule has 2 aromatic heterocycles. The van der Waals surface area contributed by atoms with Crippen LogP contribution in [-0.2, 0) is 0 Å². The Labute approximate surface area is 183 Å². The van der Waals surface area contributed by atoms with E-state index in [1.54, 1.807) is 6.20 Å². The molecule has 2 fully saturated rings. The summed E-state index contributed by atoms with van der Waals surface area (Å²) in [4.78, 5) is 19.1. The van der Waals surface area contributed by atoms with E-state index in [4.69, 9.17) is 10.2 Å². The number of nitrogens with one attached hydrogen (secondary N) is 3. The molecule has 0 saturated carbocycles. The number of hydrogen-bond acceptors (Lipinski definition) is 7. The predicted octanol–water partition coefficient (Wildman–Crippen LogP) is 4.54. The second-order valence-electron chi connectivity index (χ2n) is 8.30. The molecule has 0 aliphatic carbocycles. The zero-order valence-electron chi connectivity index (χ0n) is 18.2. The van der Waals surface area contributed by atoms with Gasteiger partial charge in [-0.05, 0) is 46.2 Å². The number of nitriles is 1. The number of aromatic nitrogens is 3. The lowest BCUT2D eigenvalue weighted by atomic mass is 9.96. The minimum absolute atomic E-state index is 0.342. The minimum Gasteiger partial charge on any atom is -0.367 e. The lowest BCUT2D eigenvalue weighted by Crippen LogP contribution is -2.47. The highest BCUT2D eigenvalue weighted by Gasteiger charge is 2.40. The fourth-order valence-corrected chi connectivity index (χ4v) is 4.93. The number of imidazole rings is 1. The topological polar surface area (TPSA) is 105 Å². The summed E-state index contributed by atoms with van der Waals surface area (Å²) in [6.45, 7) is 8.55. The van der Waals surface area contributed by atoms with E-state index in [-0.39, 0.29) is 0 Å². The van der Waals surface area contributed by atoms with Crippen molar-refractivity contribution in [2.24, 2.45) is 4.99 Å². The maximum atomic E-state index is 8.97. The number of hydrogen-bond donors (Lipinski definition) is 3. The summed E-state index contributed by atoms with van der Waals surface area (Å²) in [5.74, 6) is 3.13.